The first-order chi connectivity index (χ1) is 5.06. The summed E-state index contributed by atoms with van der Waals surface area (Å²) in [5.41, 5.74) is 2.01. The van der Waals surface area contributed by atoms with Crippen LogP contribution in [-0.2, 0) is 0 Å². The highest BCUT2D eigenvalue weighted by Gasteiger charge is 2.49. The number of hydrogen-bond acceptors (Lipinski definition) is 0. The van der Waals surface area contributed by atoms with Gasteiger partial charge >= 0.3 is 0 Å². The van der Waals surface area contributed by atoms with Gasteiger partial charge in [0.1, 0.15) is 0 Å². The lowest BCUT2D eigenvalue weighted by molar-refractivity contribution is 0.643. The molecule has 0 spiro atoms. The van der Waals surface area contributed by atoms with Gasteiger partial charge in [-0.05, 0) is 10.1 Å². The second-order valence-corrected chi connectivity index (χ2v) is 12.0. The smallest absolute Gasteiger partial charge is 0.160 e. The quantitative estimate of drug-likeness (QED) is 0.436. The Kier molecular flexibility index (Phi) is 3.25. The van der Waals surface area contributed by atoms with E-state index in [1.54, 1.807) is 0 Å². The maximum absolute atomic E-state index is 6.70. The Bertz CT molecular complexity index is 157. The standard InChI is InChI=1S/C10H21ClSi/c1-8-12(11,9(2,3)4)10(5,6)7/h8H,1H2,2-7H3. The molecule has 0 aliphatic carbocycles. The molecule has 0 radical (unpaired) electrons. The van der Waals surface area contributed by atoms with E-state index in [1.807, 2.05) is 5.70 Å². The molecular weight excluding hydrogens is 184 g/mol. The molecule has 0 fully saturated rings. The van der Waals surface area contributed by atoms with Crippen molar-refractivity contribution in [1.82, 2.24) is 0 Å². The van der Waals surface area contributed by atoms with Gasteiger partial charge in [-0.3, -0.25) is 0 Å². The van der Waals surface area contributed by atoms with Gasteiger partial charge in [-0.25, -0.2) is 0 Å². The number of rotatable bonds is 1. The van der Waals surface area contributed by atoms with Gasteiger partial charge in [-0.2, -0.15) is 11.1 Å². The average molecular weight is 205 g/mol. The topological polar surface area (TPSA) is 0 Å². The summed E-state index contributed by atoms with van der Waals surface area (Å²) in [6, 6.07) is 0. The summed E-state index contributed by atoms with van der Waals surface area (Å²) >= 11 is 6.70. The molecule has 0 atom stereocenters. The van der Waals surface area contributed by atoms with Crippen molar-refractivity contribution < 1.29 is 0 Å². The van der Waals surface area contributed by atoms with E-state index in [9.17, 15) is 0 Å². The molecular formula is C10H21ClSi. The first kappa shape index (κ1) is 12.2. The largest absolute Gasteiger partial charge is 0.189 e. The van der Waals surface area contributed by atoms with Crippen molar-refractivity contribution in [3.8, 4) is 0 Å². The van der Waals surface area contributed by atoms with Gasteiger partial charge < -0.3 is 0 Å². The Morgan fingerprint density at radius 1 is 1.00 bits per heavy atom. The molecule has 0 nitrogen and oxygen atoms in total. The summed E-state index contributed by atoms with van der Waals surface area (Å²) in [6.45, 7) is 17.1. The summed E-state index contributed by atoms with van der Waals surface area (Å²) in [5, 5.41) is 0.350. The third-order valence-electron chi connectivity index (χ3n) is 2.46. The lowest BCUT2D eigenvalue weighted by Crippen LogP contribution is -2.44. The molecule has 0 saturated heterocycles. The fraction of sp³-hybridized carbons (Fsp3) is 0.800. The Balaban J connectivity index is 5.09. The second kappa shape index (κ2) is 3.19. The highest BCUT2D eigenvalue weighted by Crippen LogP contribution is 2.53. The molecule has 0 aromatic heterocycles. The SMILES string of the molecule is C=C[Si](Cl)(C(C)(C)C)C(C)(C)C. The molecule has 2 heteroatoms. The molecule has 12 heavy (non-hydrogen) atoms. The third-order valence-corrected chi connectivity index (χ3v) is 11.3. The van der Waals surface area contributed by atoms with Crippen LogP contribution in [0.4, 0.5) is 0 Å². The van der Waals surface area contributed by atoms with Gasteiger partial charge in [0.25, 0.3) is 0 Å². The Labute approximate surface area is 82.7 Å². The molecule has 0 saturated carbocycles. The van der Waals surface area contributed by atoms with Crippen LogP contribution in [0.1, 0.15) is 41.5 Å². The van der Waals surface area contributed by atoms with Crippen LogP contribution in [0.3, 0.4) is 0 Å². The van der Waals surface area contributed by atoms with Crippen molar-refractivity contribution in [2.24, 2.45) is 0 Å². The zero-order valence-corrected chi connectivity index (χ0v) is 10.9. The molecule has 0 heterocycles. The fourth-order valence-electron chi connectivity index (χ4n) is 1.74. The van der Waals surface area contributed by atoms with Gasteiger partial charge in [0.2, 0.25) is 0 Å². The summed E-state index contributed by atoms with van der Waals surface area (Å²) < 4.78 is 0. The van der Waals surface area contributed by atoms with Crippen LogP contribution in [0.5, 0.6) is 0 Å². The Morgan fingerprint density at radius 2 is 1.25 bits per heavy atom. The van der Waals surface area contributed by atoms with Crippen molar-refractivity contribution in [1.29, 1.82) is 0 Å². The molecule has 0 rings (SSSR count). The van der Waals surface area contributed by atoms with Crippen LogP contribution in [0, 0.1) is 0 Å². The normalized spacial score (nSPS) is 14.6. The monoisotopic (exact) mass is 204 g/mol. The van der Waals surface area contributed by atoms with Crippen LogP contribution in [0.2, 0.25) is 10.1 Å². The Morgan fingerprint density at radius 3 is 1.25 bits per heavy atom. The van der Waals surface area contributed by atoms with Crippen molar-refractivity contribution in [2.75, 3.05) is 0 Å². The molecule has 0 bridgehead atoms. The minimum atomic E-state index is -1.89. The lowest BCUT2D eigenvalue weighted by Gasteiger charge is -2.44. The fourth-order valence-corrected chi connectivity index (χ4v) is 5.21. The highest BCUT2D eigenvalue weighted by atomic mass is 35.6. The molecule has 0 aromatic carbocycles. The maximum atomic E-state index is 6.70. The van der Waals surface area contributed by atoms with Crippen LogP contribution < -0.4 is 0 Å². The van der Waals surface area contributed by atoms with E-state index in [4.69, 9.17) is 11.1 Å². The van der Waals surface area contributed by atoms with Gasteiger partial charge in [0.05, 0.1) is 0 Å². The summed E-state index contributed by atoms with van der Waals surface area (Å²) in [7, 11) is -1.89. The maximum Gasteiger partial charge on any atom is 0.189 e. The average Bonchev–Trinajstić information content (AvgIpc) is 1.81. The van der Waals surface area contributed by atoms with E-state index >= 15 is 0 Å². The number of hydrogen-bond donors (Lipinski definition) is 0. The predicted octanol–water partition coefficient (Wildman–Crippen LogP) is 4.50. The first-order valence-electron chi connectivity index (χ1n) is 4.39. The molecule has 0 amide bonds. The lowest BCUT2D eigenvalue weighted by atomic mass is 10.2. The molecule has 72 valence electrons. The molecule has 0 unspecified atom stereocenters. The van der Waals surface area contributed by atoms with Gasteiger partial charge in [0.15, 0.2) is 7.38 Å². The van der Waals surface area contributed by atoms with E-state index < -0.39 is 7.38 Å². The molecule has 0 N–H and O–H groups in total. The van der Waals surface area contributed by atoms with Crippen LogP contribution in [0.25, 0.3) is 0 Å². The number of halogens is 1. The van der Waals surface area contributed by atoms with Crippen LogP contribution >= 0.6 is 11.1 Å². The zero-order valence-electron chi connectivity index (χ0n) is 9.16. The van der Waals surface area contributed by atoms with E-state index in [2.05, 4.69) is 48.1 Å². The molecule has 0 aliphatic heterocycles. The molecule has 0 aromatic rings. The van der Waals surface area contributed by atoms with E-state index in [0.29, 0.717) is 0 Å². The summed E-state index contributed by atoms with van der Waals surface area (Å²) in [4.78, 5) is 0. The van der Waals surface area contributed by atoms with E-state index in [1.165, 1.54) is 0 Å². The minimum Gasteiger partial charge on any atom is -0.160 e. The third kappa shape index (κ3) is 1.94. The van der Waals surface area contributed by atoms with E-state index in [0.717, 1.165) is 0 Å². The second-order valence-electron chi connectivity index (χ2n) is 5.42. The van der Waals surface area contributed by atoms with Crippen molar-refractivity contribution in [2.45, 2.75) is 51.6 Å². The first-order valence-corrected chi connectivity index (χ1v) is 7.48. The Hall–Kier alpha value is 0.247. The van der Waals surface area contributed by atoms with E-state index in [-0.39, 0.29) is 10.1 Å². The highest BCUT2D eigenvalue weighted by molar-refractivity contribution is 7.26. The van der Waals surface area contributed by atoms with Crippen LogP contribution in [0.15, 0.2) is 12.3 Å². The van der Waals surface area contributed by atoms with Gasteiger partial charge in [-0.15, -0.1) is 6.58 Å². The van der Waals surface area contributed by atoms with Gasteiger partial charge in [0, 0.05) is 0 Å². The molecule has 0 aliphatic rings. The summed E-state index contributed by atoms with van der Waals surface area (Å²) in [5.74, 6) is 0. The zero-order chi connectivity index (χ0) is 10.2. The summed E-state index contributed by atoms with van der Waals surface area (Å²) in [6.07, 6.45) is 0. The predicted molar refractivity (Wildman–Crippen MR) is 61.2 cm³/mol. The minimum absolute atomic E-state index is 0.175. The van der Waals surface area contributed by atoms with Gasteiger partial charge in [-0.1, -0.05) is 47.2 Å². The van der Waals surface area contributed by atoms with Crippen LogP contribution in [-0.4, -0.2) is 7.38 Å². The van der Waals surface area contributed by atoms with Crippen molar-refractivity contribution in [3.05, 3.63) is 12.3 Å². The van der Waals surface area contributed by atoms with Crippen molar-refractivity contribution in [3.63, 3.8) is 0 Å². The van der Waals surface area contributed by atoms with Crippen molar-refractivity contribution >= 4 is 18.5 Å².